The first-order chi connectivity index (χ1) is 11.1. The van der Waals surface area contributed by atoms with Gasteiger partial charge in [-0.15, -0.1) is 0 Å². The van der Waals surface area contributed by atoms with Crippen molar-refractivity contribution < 1.29 is 4.79 Å². The standard InChI is InChI=1S/C17H13BrClN3O/c18-14-7-5-12(6-8-14)17(23)21-16-9-10-20-22(16)11-13-3-1-2-4-15(13)19/h1-10H,11H2,(H,21,23). The van der Waals surface area contributed by atoms with Crippen LogP contribution < -0.4 is 5.32 Å². The molecule has 23 heavy (non-hydrogen) atoms. The van der Waals surface area contributed by atoms with Gasteiger partial charge in [0.1, 0.15) is 5.82 Å². The molecule has 0 radical (unpaired) electrons. The van der Waals surface area contributed by atoms with E-state index >= 15 is 0 Å². The summed E-state index contributed by atoms with van der Waals surface area (Å²) < 4.78 is 2.63. The van der Waals surface area contributed by atoms with Gasteiger partial charge in [-0.3, -0.25) is 4.79 Å². The van der Waals surface area contributed by atoms with Crippen LogP contribution in [0.5, 0.6) is 0 Å². The van der Waals surface area contributed by atoms with Crippen LogP contribution in [0.4, 0.5) is 5.82 Å². The predicted octanol–water partition coefficient (Wildman–Crippen LogP) is 4.60. The van der Waals surface area contributed by atoms with Crippen molar-refractivity contribution in [3.8, 4) is 0 Å². The van der Waals surface area contributed by atoms with E-state index in [0.29, 0.717) is 22.9 Å². The number of nitrogens with zero attached hydrogens (tertiary/aromatic N) is 2. The van der Waals surface area contributed by atoms with E-state index in [9.17, 15) is 4.79 Å². The van der Waals surface area contributed by atoms with Gasteiger partial charge in [-0.1, -0.05) is 45.7 Å². The Balaban J connectivity index is 1.77. The second kappa shape index (κ2) is 6.98. The average molecular weight is 391 g/mol. The monoisotopic (exact) mass is 389 g/mol. The third-order valence-corrected chi connectivity index (χ3v) is 4.24. The molecule has 0 aliphatic heterocycles. The first-order valence-electron chi connectivity index (χ1n) is 6.95. The summed E-state index contributed by atoms with van der Waals surface area (Å²) in [5, 5.41) is 7.79. The number of hydrogen-bond donors (Lipinski definition) is 1. The number of nitrogens with one attached hydrogen (secondary N) is 1. The van der Waals surface area contributed by atoms with E-state index < -0.39 is 0 Å². The smallest absolute Gasteiger partial charge is 0.256 e. The van der Waals surface area contributed by atoms with Crippen LogP contribution in [-0.4, -0.2) is 15.7 Å². The van der Waals surface area contributed by atoms with Crippen LogP contribution >= 0.6 is 27.5 Å². The number of aromatic nitrogens is 2. The van der Waals surface area contributed by atoms with Gasteiger partial charge in [0.25, 0.3) is 5.91 Å². The van der Waals surface area contributed by atoms with Gasteiger partial charge in [-0.25, -0.2) is 4.68 Å². The summed E-state index contributed by atoms with van der Waals surface area (Å²) in [7, 11) is 0. The van der Waals surface area contributed by atoms with Crippen LogP contribution in [0.3, 0.4) is 0 Å². The van der Waals surface area contributed by atoms with Crippen molar-refractivity contribution >= 4 is 39.3 Å². The Kier molecular flexibility index (Phi) is 4.79. The molecule has 0 aliphatic rings. The van der Waals surface area contributed by atoms with E-state index in [0.717, 1.165) is 10.0 Å². The predicted molar refractivity (Wildman–Crippen MR) is 94.9 cm³/mol. The zero-order valence-electron chi connectivity index (χ0n) is 12.0. The summed E-state index contributed by atoms with van der Waals surface area (Å²) in [6.45, 7) is 0.489. The quantitative estimate of drug-likeness (QED) is 0.708. The van der Waals surface area contributed by atoms with Crippen LogP contribution in [0.25, 0.3) is 0 Å². The van der Waals surface area contributed by atoms with Gasteiger partial charge in [-0.05, 0) is 35.9 Å². The first-order valence-corrected chi connectivity index (χ1v) is 8.13. The van der Waals surface area contributed by atoms with Gasteiger partial charge in [0.15, 0.2) is 0 Å². The van der Waals surface area contributed by atoms with Crippen LogP contribution in [0, 0.1) is 0 Å². The van der Waals surface area contributed by atoms with Gasteiger partial charge in [0.2, 0.25) is 0 Å². The number of rotatable bonds is 4. The summed E-state index contributed by atoms with van der Waals surface area (Å²) in [6, 6.07) is 16.5. The number of hydrogen-bond acceptors (Lipinski definition) is 2. The number of benzene rings is 2. The van der Waals surface area contributed by atoms with E-state index in [1.807, 2.05) is 36.4 Å². The molecule has 0 saturated carbocycles. The molecule has 116 valence electrons. The molecule has 1 N–H and O–H groups in total. The number of halogens is 2. The lowest BCUT2D eigenvalue weighted by Gasteiger charge is -2.10. The fourth-order valence-corrected chi connectivity index (χ4v) is 2.60. The average Bonchev–Trinajstić information content (AvgIpc) is 2.97. The number of anilines is 1. The molecule has 0 spiro atoms. The molecular formula is C17H13BrClN3O. The highest BCUT2D eigenvalue weighted by Crippen LogP contribution is 2.19. The Morgan fingerprint density at radius 2 is 1.87 bits per heavy atom. The topological polar surface area (TPSA) is 46.9 Å². The molecule has 6 heteroatoms. The molecule has 0 atom stereocenters. The number of amides is 1. The maximum atomic E-state index is 12.3. The Labute approximate surface area is 147 Å². The molecule has 0 bridgehead atoms. The highest BCUT2D eigenvalue weighted by molar-refractivity contribution is 9.10. The summed E-state index contributed by atoms with van der Waals surface area (Å²) in [4.78, 5) is 12.3. The minimum Gasteiger partial charge on any atom is -0.307 e. The minimum atomic E-state index is -0.182. The molecule has 1 aromatic heterocycles. The highest BCUT2D eigenvalue weighted by Gasteiger charge is 2.10. The van der Waals surface area contributed by atoms with Crippen LogP contribution in [0.15, 0.2) is 65.3 Å². The molecule has 0 unspecified atom stereocenters. The van der Waals surface area contributed by atoms with Gasteiger partial charge >= 0.3 is 0 Å². The van der Waals surface area contributed by atoms with Crippen LogP contribution in [-0.2, 0) is 6.54 Å². The minimum absolute atomic E-state index is 0.182. The zero-order valence-corrected chi connectivity index (χ0v) is 14.4. The maximum Gasteiger partial charge on any atom is 0.256 e. The molecule has 0 fully saturated rings. The van der Waals surface area contributed by atoms with Crippen LogP contribution in [0.1, 0.15) is 15.9 Å². The number of carbonyl (C=O) groups excluding carboxylic acids is 1. The Morgan fingerprint density at radius 3 is 2.61 bits per heavy atom. The third-order valence-electron chi connectivity index (χ3n) is 3.34. The molecule has 2 aromatic carbocycles. The van der Waals surface area contributed by atoms with E-state index in [4.69, 9.17) is 11.6 Å². The van der Waals surface area contributed by atoms with Crippen LogP contribution in [0.2, 0.25) is 5.02 Å². The third kappa shape index (κ3) is 3.81. The summed E-state index contributed by atoms with van der Waals surface area (Å²) >= 11 is 9.53. The molecular weight excluding hydrogens is 378 g/mol. The van der Waals surface area contributed by atoms with E-state index in [-0.39, 0.29) is 5.91 Å². The summed E-state index contributed by atoms with van der Waals surface area (Å²) in [6.07, 6.45) is 1.65. The molecule has 0 saturated heterocycles. The van der Waals surface area contributed by atoms with Crippen molar-refractivity contribution in [2.24, 2.45) is 0 Å². The zero-order chi connectivity index (χ0) is 16.2. The molecule has 0 aliphatic carbocycles. The lowest BCUT2D eigenvalue weighted by Crippen LogP contribution is -2.16. The van der Waals surface area contributed by atoms with Gasteiger partial charge in [0, 0.05) is 21.1 Å². The second-order valence-electron chi connectivity index (χ2n) is 4.93. The van der Waals surface area contributed by atoms with Crippen molar-refractivity contribution in [1.29, 1.82) is 0 Å². The highest BCUT2D eigenvalue weighted by atomic mass is 79.9. The maximum absolute atomic E-state index is 12.3. The number of carbonyl (C=O) groups is 1. The fourth-order valence-electron chi connectivity index (χ4n) is 2.14. The van der Waals surface area contributed by atoms with E-state index in [2.05, 4.69) is 26.3 Å². The van der Waals surface area contributed by atoms with Crippen molar-refractivity contribution in [3.05, 3.63) is 81.4 Å². The van der Waals surface area contributed by atoms with Gasteiger partial charge in [-0.2, -0.15) is 5.10 Å². The van der Waals surface area contributed by atoms with E-state index in [1.54, 1.807) is 29.1 Å². The molecule has 3 rings (SSSR count). The van der Waals surface area contributed by atoms with Gasteiger partial charge in [0.05, 0.1) is 12.7 Å². The summed E-state index contributed by atoms with van der Waals surface area (Å²) in [5.41, 5.74) is 1.52. The molecule has 3 aromatic rings. The lowest BCUT2D eigenvalue weighted by atomic mass is 10.2. The normalized spacial score (nSPS) is 10.5. The Bertz CT molecular complexity index is 830. The SMILES string of the molecule is O=C(Nc1ccnn1Cc1ccccc1Cl)c1ccc(Br)cc1. The van der Waals surface area contributed by atoms with Crippen molar-refractivity contribution in [2.75, 3.05) is 5.32 Å². The first kappa shape index (κ1) is 15.8. The molecule has 4 nitrogen and oxygen atoms in total. The van der Waals surface area contributed by atoms with Crippen molar-refractivity contribution in [1.82, 2.24) is 9.78 Å². The Hall–Kier alpha value is -2.11. The fraction of sp³-hybridized carbons (Fsp3) is 0.0588. The molecule has 1 heterocycles. The van der Waals surface area contributed by atoms with Crippen molar-refractivity contribution in [2.45, 2.75) is 6.54 Å². The molecule has 1 amide bonds. The largest absolute Gasteiger partial charge is 0.307 e. The second-order valence-corrected chi connectivity index (χ2v) is 6.25. The lowest BCUT2D eigenvalue weighted by molar-refractivity contribution is 0.102. The van der Waals surface area contributed by atoms with Gasteiger partial charge < -0.3 is 5.32 Å². The Morgan fingerprint density at radius 1 is 1.13 bits per heavy atom. The van der Waals surface area contributed by atoms with Crippen molar-refractivity contribution in [3.63, 3.8) is 0 Å². The summed E-state index contributed by atoms with van der Waals surface area (Å²) in [5.74, 6) is 0.441. The van der Waals surface area contributed by atoms with E-state index in [1.165, 1.54) is 0 Å².